The fraction of sp³-hybridized carbons (Fsp3) is 0.500. The van der Waals surface area contributed by atoms with Crippen molar-refractivity contribution in [1.82, 2.24) is 0 Å². The van der Waals surface area contributed by atoms with Crippen molar-refractivity contribution in [3.63, 3.8) is 0 Å². The van der Waals surface area contributed by atoms with Gasteiger partial charge >= 0.3 is 0 Å². The molecule has 1 aromatic carbocycles. The Balaban J connectivity index is 2.39. The number of carbonyl (C=O) groups excluding carboxylic acids is 1. The maximum atomic E-state index is 13.3. The summed E-state index contributed by atoms with van der Waals surface area (Å²) in [5.41, 5.74) is 0.282. The highest BCUT2D eigenvalue weighted by atomic mass is 19.1. The maximum Gasteiger partial charge on any atom is 0.191 e. The third kappa shape index (κ3) is 5.09. The standard InChI is InChI=1S/C14H19FO2/c1-14(2,3)8-9-17-10-13(16)11-6-4-5-7-12(11)15/h4-7H,8-10H2,1-3H3. The van der Waals surface area contributed by atoms with Gasteiger partial charge in [0.05, 0.1) is 5.56 Å². The van der Waals surface area contributed by atoms with E-state index >= 15 is 0 Å². The van der Waals surface area contributed by atoms with E-state index in [2.05, 4.69) is 20.8 Å². The maximum absolute atomic E-state index is 13.3. The first-order chi connectivity index (χ1) is 7.90. The number of hydrogen-bond donors (Lipinski definition) is 0. The van der Waals surface area contributed by atoms with Crippen LogP contribution in [0.15, 0.2) is 24.3 Å². The molecule has 0 aromatic heterocycles. The van der Waals surface area contributed by atoms with E-state index in [0.717, 1.165) is 6.42 Å². The van der Waals surface area contributed by atoms with E-state index in [-0.39, 0.29) is 23.4 Å². The highest BCUT2D eigenvalue weighted by Crippen LogP contribution is 2.18. The van der Waals surface area contributed by atoms with E-state index in [4.69, 9.17) is 4.74 Å². The summed E-state index contributed by atoms with van der Waals surface area (Å²) in [7, 11) is 0. The van der Waals surface area contributed by atoms with E-state index in [1.165, 1.54) is 12.1 Å². The SMILES string of the molecule is CC(C)(C)CCOCC(=O)c1ccccc1F. The molecule has 0 bridgehead atoms. The Kier molecular flexibility index (Phi) is 4.82. The molecule has 1 rings (SSSR count). The first-order valence-electron chi connectivity index (χ1n) is 5.75. The summed E-state index contributed by atoms with van der Waals surface area (Å²) in [6, 6.07) is 5.96. The number of hydrogen-bond acceptors (Lipinski definition) is 2. The number of ketones is 1. The van der Waals surface area contributed by atoms with Gasteiger partial charge in [0, 0.05) is 6.61 Å². The molecule has 0 N–H and O–H groups in total. The van der Waals surface area contributed by atoms with Gasteiger partial charge in [-0.05, 0) is 24.0 Å². The topological polar surface area (TPSA) is 26.3 Å². The predicted molar refractivity (Wildman–Crippen MR) is 65.6 cm³/mol. The zero-order valence-corrected chi connectivity index (χ0v) is 10.6. The second-order valence-electron chi connectivity index (χ2n) is 5.27. The first-order valence-corrected chi connectivity index (χ1v) is 5.75. The van der Waals surface area contributed by atoms with Crippen LogP contribution in [0.25, 0.3) is 0 Å². The highest BCUT2D eigenvalue weighted by Gasteiger charge is 2.13. The van der Waals surface area contributed by atoms with Crippen LogP contribution in [0.2, 0.25) is 0 Å². The summed E-state index contributed by atoms with van der Waals surface area (Å²) in [4.78, 5) is 11.6. The van der Waals surface area contributed by atoms with Gasteiger partial charge in [-0.25, -0.2) is 4.39 Å². The Labute approximate surface area is 102 Å². The second kappa shape index (κ2) is 5.92. The molecule has 17 heavy (non-hydrogen) atoms. The molecule has 0 unspecified atom stereocenters. The number of carbonyl (C=O) groups is 1. The summed E-state index contributed by atoms with van der Waals surface area (Å²) in [6.45, 7) is 6.78. The average molecular weight is 238 g/mol. The Bertz CT molecular complexity index is 380. The fourth-order valence-corrected chi connectivity index (χ4v) is 1.31. The minimum Gasteiger partial charge on any atom is -0.373 e. The minimum atomic E-state index is -0.489. The van der Waals surface area contributed by atoms with Gasteiger partial charge in [-0.2, -0.15) is 0 Å². The first kappa shape index (κ1) is 13.8. The average Bonchev–Trinajstić information content (AvgIpc) is 2.23. The predicted octanol–water partition coefficient (Wildman–Crippen LogP) is 3.46. The van der Waals surface area contributed by atoms with E-state index in [0.29, 0.717) is 6.61 Å². The minimum absolute atomic E-state index is 0.0585. The van der Waals surface area contributed by atoms with Gasteiger partial charge in [-0.15, -0.1) is 0 Å². The molecule has 0 saturated heterocycles. The van der Waals surface area contributed by atoms with Crippen molar-refractivity contribution in [2.75, 3.05) is 13.2 Å². The molecule has 3 heteroatoms. The summed E-state index contributed by atoms with van der Waals surface area (Å²) >= 11 is 0. The van der Waals surface area contributed by atoms with Crippen molar-refractivity contribution < 1.29 is 13.9 Å². The molecule has 2 nitrogen and oxygen atoms in total. The molecular weight excluding hydrogens is 219 g/mol. The molecule has 0 amide bonds. The van der Waals surface area contributed by atoms with Gasteiger partial charge in [0.2, 0.25) is 0 Å². The van der Waals surface area contributed by atoms with Crippen LogP contribution in [0.1, 0.15) is 37.6 Å². The van der Waals surface area contributed by atoms with Crippen molar-refractivity contribution >= 4 is 5.78 Å². The van der Waals surface area contributed by atoms with Crippen LogP contribution in [0.5, 0.6) is 0 Å². The Morgan fingerprint density at radius 3 is 2.53 bits per heavy atom. The van der Waals surface area contributed by atoms with Crippen molar-refractivity contribution in [3.05, 3.63) is 35.6 Å². The molecular formula is C14H19FO2. The van der Waals surface area contributed by atoms with Crippen LogP contribution < -0.4 is 0 Å². The van der Waals surface area contributed by atoms with Crippen molar-refractivity contribution in [3.8, 4) is 0 Å². The highest BCUT2D eigenvalue weighted by molar-refractivity contribution is 5.97. The van der Waals surface area contributed by atoms with Crippen molar-refractivity contribution in [2.24, 2.45) is 5.41 Å². The van der Waals surface area contributed by atoms with Crippen LogP contribution in [0.4, 0.5) is 4.39 Å². The zero-order valence-electron chi connectivity index (χ0n) is 10.6. The monoisotopic (exact) mass is 238 g/mol. The van der Waals surface area contributed by atoms with Crippen LogP contribution in [0, 0.1) is 11.2 Å². The van der Waals surface area contributed by atoms with Crippen molar-refractivity contribution in [1.29, 1.82) is 0 Å². The van der Waals surface area contributed by atoms with Crippen LogP contribution >= 0.6 is 0 Å². The normalized spacial score (nSPS) is 11.5. The lowest BCUT2D eigenvalue weighted by Gasteiger charge is -2.17. The quantitative estimate of drug-likeness (QED) is 0.580. The van der Waals surface area contributed by atoms with Gasteiger partial charge in [-0.3, -0.25) is 4.79 Å². The van der Waals surface area contributed by atoms with E-state index in [1.807, 2.05) is 0 Å². The number of Topliss-reactive ketones (excluding diaryl/α,β-unsaturated/α-hetero) is 1. The van der Waals surface area contributed by atoms with Gasteiger partial charge in [0.1, 0.15) is 12.4 Å². The molecule has 0 spiro atoms. The van der Waals surface area contributed by atoms with Crippen LogP contribution in [-0.2, 0) is 4.74 Å². The van der Waals surface area contributed by atoms with Crippen LogP contribution in [-0.4, -0.2) is 19.0 Å². The number of rotatable bonds is 5. The molecule has 94 valence electrons. The molecule has 0 aliphatic heterocycles. The van der Waals surface area contributed by atoms with Crippen molar-refractivity contribution in [2.45, 2.75) is 27.2 Å². The van der Waals surface area contributed by atoms with E-state index < -0.39 is 5.82 Å². The van der Waals surface area contributed by atoms with Gasteiger partial charge < -0.3 is 4.74 Å². The molecule has 0 aliphatic carbocycles. The van der Waals surface area contributed by atoms with Crippen LogP contribution in [0.3, 0.4) is 0 Å². The molecule has 0 heterocycles. The van der Waals surface area contributed by atoms with E-state index in [1.54, 1.807) is 12.1 Å². The van der Waals surface area contributed by atoms with Gasteiger partial charge in [0.25, 0.3) is 0 Å². The largest absolute Gasteiger partial charge is 0.373 e. The fourth-order valence-electron chi connectivity index (χ4n) is 1.31. The van der Waals surface area contributed by atoms with Gasteiger partial charge in [0.15, 0.2) is 5.78 Å². The second-order valence-corrected chi connectivity index (χ2v) is 5.27. The molecule has 0 radical (unpaired) electrons. The van der Waals surface area contributed by atoms with Gasteiger partial charge in [-0.1, -0.05) is 32.9 Å². The number of halogens is 1. The number of ether oxygens (including phenoxy) is 1. The zero-order chi connectivity index (χ0) is 12.9. The lowest BCUT2D eigenvalue weighted by Crippen LogP contribution is -2.15. The summed E-state index contributed by atoms with van der Waals surface area (Å²) in [6.07, 6.45) is 0.873. The lowest BCUT2D eigenvalue weighted by atomic mass is 9.93. The van der Waals surface area contributed by atoms with E-state index in [9.17, 15) is 9.18 Å². The third-order valence-corrected chi connectivity index (χ3v) is 2.40. The smallest absolute Gasteiger partial charge is 0.191 e. The third-order valence-electron chi connectivity index (χ3n) is 2.40. The summed E-state index contributed by atoms with van der Waals surface area (Å²) in [5.74, 6) is -0.797. The number of benzene rings is 1. The molecule has 0 atom stereocenters. The lowest BCUT2D eigenvalue weighted by molar-refractivity contribution is 0.0701. The molecule has 1 aromatic rings. The summed E-state index contributed by atoms with van der Waals surface area (Å²) in [5, 5.41) is 0. The Morgan fingerprint density at radius 1 is 1.29 bits per heavy atom. The molecule has 0 saturated carbocycles. The summed E-state index contributed by atoms with van der Waals surface area (Å²) < 4.78 is 18.5. The Morgan fingerprint density at radius 2 is 1.94 bits per heavy atom. The Hall–Kier alpha value is -1.22. The molecule has 0 fully saturated rings. The molecule has 0 aliphatic rings.